The second kappa shape index (κ2) is 14.9. The summed E-state index contributed by atoms with van der Waals surface area (Å²) in [5.74, 6) is 1.89. The molecule has 0 amide bonds. The number of guanidine groups is 2. The molecule has 334 valence electrons. The number of hydrogen-bond donors (Lipinski definition) is 1. The molecule has 7 heteroatoms. The van der Waals surface area contributed by atoms with Crippen molar-refractivity contribution in [1.82, 2.24) is 19.4 Å². The first-order chi connectivity index (χ1) is 33.2. The fraction of sp³-hybridized carbons (Fsp3) is 0.213. The third-order valence-electron chi connectivity index (χ3n) is 15.9. The molecule has 0 saturated heterocycles. The lowest BCUT2D eigenvalue weighted by atomic mass is 9.77. The molecule has 0 spiro atoms. The molecular weight excluding hydrogens is 831 g/mol. The zero-order chi connectivity index (χ0) is 45.9. The van der Waals surface area contributed by atoms with Crippen LogP contribution in [0.5, 0.6) is 0 Å². The van der Waals surface area contributed by atoms with Crippen LogP contribution in [0.2, 0.25) is 0 Å². The summed E-state index contributed by atoms with van der Waals surface area (Å²) < 4.78 is 5.01. The van der Waals surface area contributed by atoms with Crippen LogP contribution in [-0.2, 0) is 11.2 Å². The Morgan fingerprint density at radius 2 is 1.26 bits per heavy atom. The van der Waals surface area contributed by atoms with Crippen molar-refractivity contribution in [2.45, 2.75) is 76.2 Å². The summed E-state index contributed by atoms with van der Waals surface area (Å²) in [5, 5.41) is 9.09. The van der Waals surface area contributed by atoms with Crippen LogP contribution < -0.4 is 10.2 Å². The van der Waals surface area contributed by atoms with Crippen LogP contribution in [0.3, 0.4) is 0 Å². The van der Waals surface area contributed by atoms with Gasteiger partial charge in [0.05, 0.1) is 28.2 Å². The first-order valence-corrected chi connectivity index (χ1v) is 24.4. The minimum Gasteiger partial charge on any atom is -0.331 e. The minimum atomic E-state index is -0.926. The van der Waals surface area contributed by atoms with Gasteiger partial charge in [0.15, 0.2) is 5.66 Å². The molecule has 0 radical (unpaired) electrons. The zero-order valence-electron chi connectivity index (χ0n) is 39.3. The van der Waals surface area contributed by atoms with E-state index in [-0.39, 0.29) is 23.4 Å². The number of anilines is 1. The molecule has 3 aliphatic heterocycles. The Kier molecular flexibility index (Phi) is 8.92. The Morgan fingerprint density at radius 1 is 0.676 bits per heavy atom. The number of allylic oxidation sites excluding steroid dienone is 5. The van der Waals surface area contributed by atoms with Crippen molar-refractivity contribution in [2.75, 3.05) is 4.90 Å². The van der Waals surface area contributed by atoms with E-state index in [1.165, 1.54) is 60.4 Å². The molecule has 4 unspecified atom stereocenters. The smallest absolute Gasteiger partial charge is 0.208 e. The van der Waals surface area contributed by atoms with Gasteiger partial charge in [0.25, 0.3) is 0 Å². The lowest BCUT2D eigenvalue weighted by molar-refractivity contribution is 0.268. The second-order valence-electron chi connectivity index (χ2n) is 19.9. The Bertz CT molecular complexity index is 3510. The first-order valence-electron chi connectivity index (χ1n) is 24.4. The molecule has 0 fully saturated rings. The van der Waals surface area contributed by atoms with E-state index in [9.17, 15) is 0 Å². The summed E-state index contributed by atoms with van der Waals surface area (Å²) in [6.45, 7) is 11.6. The second-order valence-corrected chi connectivity index (χ2v) is 19.9. The van der Waals surface area contributed by atoms with Crippen molar-refractivity contribution in [3.63, 3.8) is 0 Å². The normalized spacial score (nSPS) is 26.3. The van der Waals surface area contributed by atoms with Gasteiger partial charge >= 0.3 is 0 Å². The Hall–Kier alpha value is -7.64. The maximum Gasteiger partial charge on any atom is 0.208 e. The van der Waals surface area contributed by atoms with Crippen LogP contribution in [0.4, 0.5) is 5.69 Å². The maximum absolute atomic E-state index is 5.73. The van der Waals surface area contributed by atoms with Crippen molar-refractivity contribution >= 4 is 61.2 Å². The quantitative estimate of drug-likeness (QED) is 0.175. The highest BCUT2D eigenvalue weighted by Gasteiger charge is 2.52. The van der Waals surface area contributed by atoms with Gasteiger partial charge in [0.2, 0.25) is 11.9 Å². The average Bonchev–Trinajstić information content (AvgIpc) is 4.07. The van der Waals surface area contributed by atoms with E-state index in [0.717, 1.165) is 41.7 Å². The molecule has 1 N–H and O–H groups in total. The summed E-state index contributed by atoms with van der Waals surface area (Å²) in [5.41, 5.74) is 10.5. The molecule has 8 aromatic rings. The average molecular weight is 886 g/mol. The number of nitrogens with one attached hydrogen (secondary N) is 1. The highest BCUT2D eigenvalue weighted by atomic mass is 15.5. The van der Waals surface area contributed by atoms with Crippen LogP contribution in [0.25, 0.3) is 49.3 Å². The van der Waals surface area contributed by atoms with Crippen LogP contribution in [-0.4, -0.2) is 37.5 Å². The third-order valence-corrected chi connectivity index (χ3v) is 15.9. The van der Waals surface area contributed by atoms with Crippen LogP contribution >= 0.6 is 0 Å². The predicted octanol–water partition coefficient (Wildman–Crippen LogP) is 13.8. The summed E-state index contributed by atoms with van der Waals surface area (Å²) in [6.07, 6.45) is 20.5. The van der Waals surface area contributed by atoms with Gasteiger partial charge in [-0.05, 0) is 93.3 Å². The van der Waals surface area contributed by atoms with Gasteiger partial charge in [-0.2, -0.15) is 0 Å². The highest BCUT2D eigenvalue weighted by molar-refractivity contribution is 6.12. The molecule has 0 bridgehead atoms. The Labute approximate surface area is 398 Å². The summed E-state index contributed by atoms with van der Waals surface area (Å²) in [4.78, 5) is 16.4. The van der Waals surface area contributed by atoms with Crippen LogP contribution in [0.1, 0.15) is 64.5 Å². The molecule has 68 heavy (non-hydrogen) atoms. The fourth-order valence-electron chi connectivity index (χ4n) is 12.5. The molecule has 5 heterocycles. The predicted molar refractivity (Wildman–Crippen MR) is 283 cm³/mol. The van der Waals surface area contributed by atoms with Crippen molar-refractivity contribution < 1.29 is 0 Å². The SMILES string of the molecule is CC/C=C\C1(C)C(C)C2=C(C=C[C@](C)(n3c4ccccc4c4ccccc43)C2)N1C1=NC(C)(c2ccccc2)N=C(N2c3ccc(-n4c5ccccc5c5ccccc54)cc3[C@H]3C=CC=CC32)N1. The Morgan fingerprint density at radius 3 is 1.93 bits per heavy atom. The number of rotatable bonds is 5. The van der Waals surface area contributed by atoms with Crippen molar-refractivity contribution in [3.8, 4) is 5.69 Å². The number of nitrogens with zero attached hydrogens (tertiary/aromatic N) is 6. The zero-order valence-corrected chi connectivity index (χ0v) is 39.3. The number of benzene rings is 6. The van der Waals surface area contributed by atoms with Crippen LogP contribution in [0.15, 0.2) is 215 Å². The number of hydrogen-bond acceptors (Lipinski definition) is 5. The standard InChI is InChI=1S/C61H55N7/c1-6-7-36-60(4)40(2)49-39-59(3,67-54-31-19-14-25-45(54)46-26-15-20-32-55(46)67)37-35-56(49)68(60)58-62-57(63-61(5,64-58)41-21-9-8-10-22-41)66-52-30-18-13-27-47(52)48-38-42(33-34-53(48)66)65-50-28-16-11-23-43(50)44-24-12-17-29-51(44)65/h7-38,40,47,52H,6,39H2,1-5H3,(H,62,63,64)/b36-7-/t40?,47-,52?,59+,60?,61?/m1/s1. The van der Waals surface area contributed by atoms with Gasteiger partial charge in [0.1, 0.15) is 0 Å². The van der Waals surface area contributed by atoms with Gasteiger partial charge < -0.3 is 18.9 Å². The molecule has 6 aromatic carbocycles. The molecule has 2 aromatic heterocycles. The number of fused-ring (bicyclic) bond motifs is 9. The monoisotopic (exact) mass is 885 g/mol. The maximum atomic E-state index is 5.73. The van der Waals surface area contributed by atoms with Crippen molar-refractivity contribution in [1.29, 1.82) is 0 Å². The first kappa shape index (κ1) is 40.6. The number of para-hydroxylation sites is 4. The molecule has 13 rings (SSSR count). The molecule has 5 aliphatic rings. The largest absolute Gasteiger partial charge is 0.331 e. The number of aromatic nitrogens is 2. The van der Waals surface area contributed by atoms with E-state index in [1.807, 2.05) is 0 Å². The van der Waals surface area contributed by atoms with E-state index >= 15 is 0 Å². The molecule has 6 atom stereocenters. The lowest BCUT2D eigenvalue weighted by Gasteiger charge is -2.43. The van der Waals surface area contributed by atoms with E-state index in [4.69, 9.17) is 9.98 Å². The minimum absolute atomic E-state index is 0.00849. The van der Waals surface area contributed by atoms with E-state index < -0.39 is 11.2 Å². The van der Waals surface area contributed by atoms with E-state index in [1.54, 1.807) is 0 Å². The molecule has 0 saturated carbocycles. The van der Waals surface area contributed by atoms with Gasteiger partial charge in [-0.3, -0.25) is 5.32 Å². The Balaban J connectivity index is 0.952. The fourth-order valence-corrected chi connectivity index (χ4v) is 12.5. The van der Waals surface area contributed by atoms with Crippen LogP contribution in [0, 0.1) is 5.92 Å². The van der Waals surface area contributed by atoms with Gasteiger partial charge in [0, 0.05) is 67.0 Å². The van der Waals surface area contributed by atoms with Gasteiger partial charge in [-0.15, -0.1) is 0 Å². The lowest BCUT2D eigenvalue weighted by Crippen LogP contribution is -2.59. The third kappa shape index (κ3) is 5.77. The van der Waals surface area contributed by atoms with E-state index in [0.29, 0.717) is 0 Å². The highest BCUT2D eigenvalue weighted by Crippen LogP contribution is 2.53. The number of aliphatic imine (C=N–C) groups is 2. The topological polar surface area (TPSA) is 53.1 Å². The molecular formula is C61H55N7. The van der Waals surface area contributed by atoms with Crippen molar-refractivity contribution in [3.05, 3.63) is 217 Å². The summed E-state index contributed by atoms with van der Waals surface area (Å²) in [7, 11) is 0. The molecule has 7 nitrogen and oxygen atoms in total. The van der Waals surface area contributed by atoms with Gasteiger partial charge in [-0.1, -0.05) is 160 Å². The summed E-state index contributed by atoms with van der Waals surface area (Å²) in [6, 6.07) is 52.9. The summed E-state index contributed by atoms with van der Waals surface area (Å²) >= 11 is 0. The van der Waals surface area contributed by atoms with Gasteiger partial charge in [-0.25, -0.2) is 9.98 Å². The van der Waals surface area contributed by atoms with E-state index in [2.05, 4.69) is 253 Å². The van der Waals surface area contributed by atoms with Crippen molar-refractivity contribution in [2.24, 2.45) is 15.9 Å². The molecule has 2 aliphatic carbocycles.